The molecule has 0 aliphatic carbocycles. The summed E-state index contributed by atoms with van der Waals surface area (Å²) in [5.41, 5.74) is 0.745. The third-order valence-corrected chi connectivity index (χ3v) is 5.49. The molecule has 0 spiro atoms. The standard InChI is InChI=1S/C17H19N5O2S2/c1-3-24-14-8-5-4-7-13(14)22-17(19-20-21-22)26-11-16(23)18-12(2)15-9-6-10-25-15/h4-10,12H,3,11H2,1-2H3,(H,18,23). The van der Waals surface area contributed by atoms with Gasteiger partial charge in [0.05, 0.1) is 18.4 Å². The molecule has 0 fully saturated rings. The Labute approximate surface area is 159 Å². The van der Waals surface area contributed by atoms with Gasteiger partial charge >= 0.3 is 0 Å². The minimum absolute atomic E-state index is 0.0159. The van der Waals surface area contributed by atoms with Crippen LogP contribution in [0.15, 0.2) is 46.9 Å². The molecule has 9 heteroatoms. The molecule has 3 aromatic rings. The van der Waals surface area contributed by atoms with Crippen molar-refractivity contribution in [1.29, 1.82) is 0 Å². The van der Waals surface area contributed by atoms with Gasteiger partial charge in [-0.05, 0) is 47.9 Å². The van der Waals surface area contributed by atoms with Crippen molar-refractivity contribution in [2.75, 3.05) is 12.4 Å². The monoisotopic (exact) mass is 389 g/mol. The highest BCUT2D eigenvalue weighted by Crippen LogP contribution is 2.26. The molecule has 0 bridgehead atoms. The van der Waals surface area contributed by atoms with Crippen LogP contribution in [0, 0.1) is 0 Å². The maximum atomic E-state index is 12.2. The zero-order chi connectivity index (χ0) is 18.4. The molecular weight excluding hydrogens is 370 g/mol. The largest absolute Gasteiger partial charge is 0.492 e. The fourth-order valence-electron chi connectivity index (χ4n) is 2.35. The summed E-state index contributed by atoms with van der Waals surface area (Å²) < 4.78 is 7.22. The summed E-state index contributed by atoms with van der Waals surface area (Å²) in [4.78, 5) is 13.4. The third-order valence-electron chi connectivity index (χ3n) is 3.51. The number of nitrogens with zero attached hydrogens (tertiary/aromatic N) is 4. The highest BCUT2D eigenvalue weighted by Gasteiger charge is 2.16. The number of amides is 1. The number of aromatic nitrogens is 4. The number of para-hydroxylation sites is 2. The molecule has 2 aromatic heterocycles. The Bertz CT molecular complexity index is 850. The molecule has 26 heavy (non-hydrogen) atoms. The summed E-state index contributed by atoms with van der Waals surface area (Å²) in [5.74, 6) is 0.857. The average Bonchev–Trinajstić information content (AvgIpc) is 3.32. The second kappa shape index (κ2) is 8.81. The highest BCUT2D eigenvalue weighted by atomic mass is 32.2. The van der Waals surface area contributed by atoms with Crippen molar-refractivity contribution in [3.63, 3.8) is 0 Å². The topological polar surface area (TPSA) is 81.9 Å². The second-order valence-electron chi connectivity index (χ2n) is 5.37. The molecule has 1 unspecified atom stereocenters. The van der Waals surface area contributed by atoms with Crippen LogP contribution in [0.25, 0.3) is 5.69 Å². The van der Waals surface area contributed by atoms with Crippen molar-refractivity contribution in [2.24, 2.45) is 0 Å². The number of hydrogen-bond acceptors (Lipinski definition) is 7. The third kappa shape index (κ3) is 4.41. The van der Waals surface area contributed by atoms with E-state index in [0.717, 1.165) is 10.6 Å². The molecule has 3 rings (SSSR count). The summed E-state index contributed by atoms with van der Waals surface area (Å²) in [5, 5.41) is 17.3. The van der Waals surface area contributed by atoms with Crippen LogP contribution in [0.2, 0.25) is 0 Å². The minimum atomic E-state index is -0.0662. The van der Waals surface area contributed by atoms with Crippen LogP contribution in [-0.2, 0) is 4.79 Å². The predicted octanol–water partition coefficient (Wildman–Crippen LogP) is 3.09. The zero-order valence-corrected chi connectivity index (χ0v) is 16.1. The molecule has 0 saturated heterocycles. The van der Waals surface area contributed by atoms with E-state index in [4.69, 9.17) is 4.74 Å². The average molecular weight is 390 g/mol. The Morgan fingerprint density at radius 2 is 2.19 bits per heavy atom. The SMILES string of the molecule is CCOc1ccccc1-n1nnnc1SCC(=O)NC(C)c1cccs1. The van der Waals surface area contributed by atoms with Gasteiger partial charge in [-0.25, -0.2) is 0 Å². The summed E-state index contributed by atoms with van der Waals surface area (Å²) in [6.07, 6.45) is 0. The van der Waals surface area contributed by atoms with Gasteiger partial charge in [0.25, 0.3) is 0 Å². The first kappa shape index (κ1) is 18.4. The van der Waals surface area contributed by atoms with Crippen LogP contribution in [0.1, 0.15) is 24.8 Å². The van der Waals surface area contributed by atoms with Crippen molar-refractivity contribution in [3.05, 3.63) is 46.7 Å². The van der Waals surface area contributed by atoms with Crippen LogP contribution in [0.3, 0.4) is 0 Å². The smallest absolute Gasteiger partial charge is 0.230 e. The van der Waals surface area contributed by atoms with Gasteiger partial charge in [0.15, 0.2) is 0 Å². The number of carbonyl (C=O) groups is 1. The van der Waals surface area contributed by atoms with Gasteiger partial charge < -0.3 is 10.1 Å². The normalized spacial score (nSPS) is 11.9. The summed E-state index contributed by atoms with van der Waals surface area (Å²) in [6.45, 7) is 4.44. The van der Waals surface area contributed by atoms with Gasteiger partial charge in [0, 0.05) is 4.88 Å². The van der Waals surface area contributed by atoms with E-state index in [2.05, 4.69) is 20.8 Å². The Kier molecular flexibility index (Phi) is 6.24. The number of tetrazole rings is 1. The highest BCUT2D eigenvalue weighted by molar-refractivity contribution is 7.99. The van der Waals surface area contributed by atoms with E-state index in [-0.39, 0.29) is 17.7 Å². The van der Waals surface area contributed by atoms with Crippen LogP contribution in [0.5, 0.6) is 5.75 Å². The lowest BCUT2D eigenvalue weighted by Crippen LogP contribution is -2.27. The molecule has 0 aliphatic heterocycles. The molecule has 7 nitrogen and oxygen atoms in total. The fourth-order valence-corrected chi connectivity index (χ4v) is 3.78. The van der Waals surface area contributed by atoms with Crippen LogP contribution >= 0.6 is 23.1 Å². The van der Waals surface area contributed by atoms with E-state index < -0.39 is 0 Å². The van der Waals surface area contributed by atoms with Crippen molar-refractivity contribution in [3.8, 4) is 11.4 Å². The Morgan fingerprint density at radius 3 is 2.96 bits per heavy atom. The first-order valence-electron chi connectivity index (χ1n) is 8.15. The van der Waals surface area contributed by atoms with E-state index in [9.17, 15) is 4.79 Å². The van der Waals surface area contributed by atoms with E-state index in [1.165, 1.54) is 11.8 Å². The van der Waals surface area contributed by atoms with Gasteiger partial charge in [-0.1, -0.05) is 30.0 Å². The van der Waals surface area contributed by atoms with Gasteiger partial charge in [-0.3, -0.25) is 4.79 Å². The maximum Gasteiger partial charge on any atom is 0.230 e. The van der Waals surface area contributed by atoms with Crippen LogP contribution in [0.4, 0.5) is 0 Å². The van der Waals surface area contributed by atoms with Crippen LogP contribution in [-0.4, -0.2) is 38.5 Å². The van der Waals surface area contributed by atoms with Crippen molar-refractivity contribution >= 4 is 29.0 Å². The first-order valence-corrected chi connectivity index (χ1v) is 10.0. The van der Waals surface area contributed by atoms with Gasteiger partial charge in [-0.2, -0.15) is 4.68 Å². The summed E-state index contributed by atoms with van der Waals surface area (Å²) in [7, 11) is 0. The van der Waals surface area contributed by atoms with Crippen molar-refractivity contribution < 1.29 is 9.53 Å². The second-order valence-corrected chi connectivity index (χ2v) is 7.29. The molecule has 2 heterocycles. The van der Waals surface area contributed by atoms with Gasteiger partial charge in [0.2, 0.25) is 11.1 Å². The number of ether oxygens (including phenoxy) is 1. The van der Waals surface area contributed by atoms with Crippen molar-refractivity contribution in [2.45, 2.75) is 25.0 Å². The number of carbonyl (C=O) groups excluding carboxylic acids is 1. The van der Waals surface area contributed by atoms with Crippen LogP contribution < -0.4 is 10.1 Å². The molecular formula is C17H19N5O2S2. The number of rotatable bonds is 8. The zero-order valence-electron chi connectivity index (χ0n) is 14.5. The van der Waals surface area contributed by atoms with E-state index in [1.54, 1.807) is 16.0 Å². The predicted molar refractivity (Wildman–Crippen MR) is 102 cm³/mol. The summed E-state index contributed by atoms with van der Waals surface area (Å²) >= 11 is 2.91. The lowest BCUT2D eigenvalue weighted by atomic mass is 10.3. The number of thiophene rings is 1. The lowest BCUT2D eigenvalue weighted by molar-refractivity contribution is -0.119. The Balaban J connectivity index is 1.65. The number of hydrogen-bond donors (Lipinski definition) is 1. The van der Waals surface area contributed by atoms with Gasteiger partial charge in [0.1, 0.15) is 11.4 Å². The molecule has 1 aromatic carbocycles. The molecule has 0 saturated carbocycles. The number of benzene rings is 1. The van der Waals surface area contributed by atoms with E-state index >= 15 is 0 Å². The first-order chi connectivity index (χ1) is 12.7. The Morgan fingerprint density at radius 1 is 1.35 bits per heavy atom. The summed E-state index contributed by atoms with van der Waals surface area (Å²) in [6, 6.07) is 11.5. The quantitative estimate of drug-likeness (QED) is 0.596. The molecule has 136 valence electrons. The lowest BCUT2D eigenvalue weighted by Gasteiger charge is -2.12. The van der Waals surface area contributed by atoms with Gasteiger partial charge in [-0.15, -0.1) is 16.4 Å². The molecule has 0 aliphatic rings. The molecule has 0 radical (unpaired) electrons. The maximum absolute atomic E-state index is 12.2. The molecule has 1 amide bonds. The van der Waals surface area contributed by atoms with E-state index in [0.29, 0.717) is 17.5 Å². The number of nitrogens with one attached hydrogen (secondary N) is 1. The minimum Gasteiger partial charge on any atom is -0.492 e. The number of thioether (sulfide) groups is 1. The van der Waals surface area contributed by atoms with E-state index in [1.807, 2.05) is 55.6 Å². The molecule has 1 N–H and O–H groups in total. The molecule has 1 atom stereocenters. The van der Waals surface area contributed by atoms with Crippen molar-refractivity contribution in [1.82, 2.24) is 25.5 Å². The fraction of sp³-hybridized carbons (Fsp3) is 0.294. The Hall–Kier alpha value is -2.39.